The molecule has 0 saturated carbocycles. The summed E-state index contributed by atoms with van der Waals surface area (Å²) in [5, 5.41) is 0.656. The van der Waals surface area contributed by atoms with Crippen LogP contribution in [0.1, 0.15) is 6.92 Å². The van der Waals surface area contributed by atoms with Gasteiger partial charge in [0.05, 0.1) is 11.1 Å². The van der Waals surface area contributed by atoms with E-state index in [2.05, 4.69) is 4.98 Å². The van der Waals surface area contributed by atoms with Crippen LogP contribution in [0.25, 0.3) is 16.7 Å². The maximum Gasteiger partial charge on any atom is 0.276 e. The first-order valence-electron chi connectivity index (χ1n) is 5.95. The van der Waals surface area contributed by atoms with Gasteiger partial charge in [0, 0.05) is 12.7 Å². The summed E-state index contributed by atoms with van der Waals surface area (Å²) in [7, 11) is 0. The lowest BCUT2D eigenvalue weighted by atomic mass is 10.3. The summed E-state index contributed by atoms with van der Waals surface area (Å²) >= 11 is 0. The summed E-state index contributed by atoms with van der Waals surface area (Å²) in [6.45, 7) is 2.57. The first-order valence-corrected chi connectivity index (χ1v) is 5.95. The second-order valence-corrected chi connectivity index (χ2v) is 4.04. The lowest BCUT2D eigenvalue weighted by molar-refractivity contribution is 0.575. The standard InChI is InChI=1S/C14H13N3O/c1-2-16-14(18)12-9-6-10-15-13(12)17(16)11-7-4-3-5-8-11/h3-10H,2H2,1H3. The zero-order chi connectivity index (χ0) is 12.5. The van der Waals surface area contributed by atoms with Crippen LogP contribution in [0, 0.1) is 0 Å². The Labute approximate surface area is 104 Å². The molecular weight excluding hydrogens is 226 g/mol. The Morgan fingerprint density at radius 1 is 1.11 bits per heavy atom. The molecule has 0 N–H and O–H groups in total. The number of fused-ring (bicyclic) bond motifs is 1. The van der Waals surface area contributed by atoms with Gasteiger partial charge in [-0.2, -0.15) is 0 Å². The molecule has 90 valence electrons. The molecule has 0 aliphatic rings. The molecule has 0 fully saturated rings. The maximum absolute atomic E-state index is 12.3. The first-order chi connectivity index (χ1) is 8.83. The van der Waals surface area contributed by atoms with E-state index in [1.807, 2.05) is 48.0 Å². The lowest BCUT2D eigenvalue weighted by Gasteiger charge is -2.09. The minimum absolute atomic E-state index is 0.00412. The molecule has 0 aliphatic heterocycles. The van der Waals surface area contributed by atoms with Crippen LogP contribution in [0.2, 0.25) is 0 Å². The highest BCUT2D eigenvalue weighted by Gasteiger charge is 2.13. The van der Waals surface area contributed by atoms with Gasteiger partial charge in [0.1, 0.15) is 0 Å². The highest BCUT2D eigenvalue weighted by molar-refractivity contribution is 5.76. The third-order valence-electron chi connectivity index (χ3n) is 2.99. The van der Waals surface area contributed by atoms with Gasteiger partial charge in [-0.25, -0.2) is 14.3 Å². The van der Waals surface area contributed by atoms with Crippen molar-refractivity contribution in [2.75, 3.05) is 0 Å². The van der Waals surface area contributed by atoms with Crippen molar-refractivity contribution in [2.24, 2.45) is 0 Å². The van der Waals surface area contributed by atoms with Crippen LogP contribution in [0.15, 0.2) is 53.5 Å². The van der Waals surface area contributed by atoms with E-state index in [0.717, 1.165) is 5.69 Å². The molecule has 0 unspecified atom stereocenters. The number of rotatable bonds is 2. The monoisotopic (exact) mass is 239 g/mol. The molecule has 1 aromatic carbocycles. The number of benzene rings is 1. The van der Waals surface area contributed by atoms with Crippen molar-refractivity contribution >= 4 is 11.0 Å². The highest BCUT2D eigenvalue weighted by atomic mass is 16.1. The van der Waals surface area contributed by atoms with Crippen molar-refractivity contribution in [1.29, 1.82) is 0 Å². The third-order valence-corrected chi connectivity index (χ3v) is 2.99. The van der Waals surface area contributed by atoms with Crippen LogP contribution < -0.4 is 5.56 Å². The Kier molecular flexibility index (Phi) is 2.48. The van der Waals surface area contributed by atoms with E-state index in [9.17, 15) is 4.79 Å². The molecule has 0 bridgehead atoms. The van der Waals surface area contributed by atoms with Crippen LogP contribution in [-0.2, 0) is 6.54 Å². The molecule has 18 heavy (non-hydrogen) atoms. The number of aromatic nitrogens is 3. The van der Waals surface area contributed by atoms with Gasteiger partial charge < -0.3 is 0 Å². The number of hydrogen-bond donors (Lipinski definition) is 0. The van der Waals surface area contributed by atoms with E-state index in [1.165, 1.54) is 0 Å². The van der Waals surface area contributed by atoms with Crippen LogP contribution in [-0.4, -0.2) is 14.3 Å². The zero-order valence-electron chi connectivity index (χ0n) is 10.1. The predicted molar refractivity (Wildman–Crippen MR) is 71.0 cm³/mol. The molecule has 0 atom stereocenters. The van der Waals surface area contributed by atoms with Crippen molar-refractivity contribution in [3.05, 3.63) is 59.0 Å². The van der Waals surface area contributed by atoms with Crippen molar-refractivity contribution in [2.45, 2.75) is 13.5 Å². The van der Waals surface area contributed by atoms with Gasteiger partial charge in [-0.1, -0.05) is 18.2 Å². The minimum atomic E-state index is 0.00412. The Morgan fingerprint density at radius 2 is 1.89 bits per heavy atom. The van der Waals surface area contributed by atoms with Crippen LogP contribution in [0.3, 0.4) is 0 Å². The second kappa shape index (κ2) is 4.14. The summed E-state index contributed by atoms with van der Waals surface area (Å²) in [5.41, 5.74) is 1.66. The van der Waals surface area contributed by atoms with Crippen molar-refractivity contribution in [1.82, 2.24) is 14.3 Å². The van der Waals surface area contributed by atoms with Crippen LogP contribution in [0.5, 0.6) is 0 Å². The van der Waals surface area contributed by atoms with Gasteiger partial charge in [0.25, 0.3) is 5.56 Å². The van der Waals surface area contributed by atoms with Gasteiger partial charge in [-0.3, -0.25) is 4.79 Å². The van der Waals surface area contributed by atoms with Crippen molar-refractivity contribution in [3.8, 4) is 5.69 Å². The number of hydrogen-bond acceptors (Lipinski definition) is 2. The van der Waals surface area contributed by atoms with Gasteiger partial charge in [0.2, 0.25) is 0 Å². The van der Waals surface area contributed by atoms with Crippen molar-refractivity contribution < 1.29 is 0 Å². The summed E-state index contributed by atoms with van der Waals surface area (Å²) in [6, 6.07) is 13.4. The maximum atomic E-state index is 12.3. The fourth-order valence-electron chi connectivity index (χ4n) is 2.19. The number of para-hydroxylation sites is 1. The molecule has 0 amide bonds. The molecule has 3 rings (SSSR count). The Bertz CT molecular complexity index is 741. The highest BCUT2D eigenvalue weighted by Crippen LogP contribution is 2.14. The van der Waals surface area contributed by atoms with Gasteiger partial charge in [-0.15, -0.1) is 0 Å². The topological polar surface area (TPSA) is 39.8 Å². The molecule has 0 spiro atoms. The molecule has 0 saturated heterocycles. The van der Waals surface area contributed by atoms with E-state index in [4.69, 9.17) is 0 Å². The second-order valence-electron chi connectivity index (χ2n) is 4.04. The van der Waals surface area contributed by atoms with Crippen molar-refractivity contribution in [3.63, 3.8) is 0 Å². The molecular formula is C14H13N3O. The molecule has 2 heterocycles. The first kappa shape index (κ1) is 10.8. The summed E-state index contributed by atoms with van der Waals surface area (Å²) in [5.74, 6) is 0. The SMILES string of the molecule is CCn1c(=O)c2cccnc2n1-c1ccccc1. The van der Waals surface area contributed by atoms with E-state index in [-0.39, 0.29) is 5.56 Å². The van der Waals surface area contributed by atoms with Gasteiger partial charge in [-0.05, 0) is 31.2 Å². The van der Waals surface area contributed by atoms with Crippen LogP contribution >= 0.6 is 0 Å². The van der Waals surface area contributed by atoms with Gasteiger partial charge in [0.15, 0.2) is 5.65 Å². The smallest absolute Gasteiger partial charge is 0.267 e. The number of nitrogens with zero attached hydrogens (tertiary/aromatic N) is 3. The quantitative estimate of drug-likeness (QED) is 0.687. The number of pyridine rings is 1. The van der Waals surface area contributed by atoms with Crippen LogP contribution in [0.4, 0.5) is 0 Å². The molecule has 2 aromatic heterocycles. The minimum Gasteiger partial charge on any atom is -0.267 e. The Hall–Kier alpha value is -2.36. The lowest BCUT2D eigenvalue weighted by Crippen LogP contribution is -2.21. The third kappa shape index (κ3) is 1.46. The fourth-order valence-corrected chi connectivity index (χ4v) is 2.19. The molecule has 4 heteroatoms. The fraction of sp³-hybridized carbons (Fsp3) is 0.143. The molecule has 4 nitrogen and oxygen atoms in total. The molecule has 3 aromatic rings. The Balaban J connectivity index is 2.45. The molecule has 0 aliphatic carbocycles. The summed E-state index contributed by atoms with van der Waals surface area (Å²) in [6.07, 6.45) is 1.71. The summed E-state index contributed by atoms with van der Waals surface area (Å²) < 4.78 is 3.57. The molecule has 0 radical (unpaired) electrons. The van der Waals surface area contributed by atoms with Gasteiger partial charge >= 0.3 is 0 Å². The Morgan fingerprint density at radius 3 is 2.61 bits per heavy atom. The largest absolute Gasteiger partial charge is 0.276 e. The summed E-state index contributed by atoms with van der Waals surface area (Å²) in [4.78, 5) is 16.6. The normalized spacial score (nSPS) is 10.9. The average molecular weight is 239 g/mol. The van der Waals surface area contributed by atoms with E-state index in [0.29, 0.717) is 17.6 Å². The zero-order valence-corrected chi connectivity index (χ0v) is 10.1. The van der Waals surface area contributed by atoms with E-state index >= 15 is 0 Å². The predicted octanol–water partition coefficient (Wildman–Crippen LogP) is 2.21. The van der Waals surface area contributed by atoms with E-state index in [1.54, 1.807) is 16.9 Å². The average Bonchev–Trinajstić information content (AvgIpc) is 2.73. The van der Waals surface area contributed by atoms with E-state index < -0.39 is 0 Å².